The van der Waals surface area contributed by atoms with Crippen molar-refractivity contribution in [1.29, 1.82) is 0 Å². The third kappa shape index (κ3) is 24.4. The molecule has 2 fully saturated rings. The van der Waals surface area contributed by atoms with Gasteiger partial charge in [0, 0.05) is 87.9 Å². The third-order valence-electron chi connectivity index (χ3n) is 16.9. The van der Waals surface area contributed by atoms with Crippen LogP contribution in [0.4, 0.5) is 0 Å². The van der Waals surface area contributed by atoms with E-state index in [1.54, 1.807) is 48.5 Å². The molecule has 2 heterocycles. The van der Waals surface area contributed by atoms with Crippen molar-refractivity contribution in [3.8, 4) is 28.0 Å². The van der Waals surface area contributed by atoms with Crippen LogP contribution in [0.2, 0.25) is 0 Å². The Morgan fingerprint density at radius 3 is 1.37 bits per heavy atom. The number of aliphatic hydroxyl groups excluding tert-OH is 6. The van der Waals surface area contributed by atoms with Gasteiger partial charge in [0.1, 0.15) is 30.2 Å². The molecule has 104 heavy (non-hydrogen) atoms. The van der Waals surface area contributed by atoms with E-state index in [1.807, 2.05) is 60.7 Å². The summed E-state index contributed by atoms with van der Waals surface area (Å²) in [6, 6.07) is 34.5. The number of ketones is 1. The first kappa shape index (κ1) is 83.5. The van der Waals surface area contributed by atoms with Gasteiger partial charge in [-0.15, -0.1) is 0 Å². The Morgan fingerprint density at radius 2 is 0.923 bits per heavy atom. The van der Waals surface area contributed by atoms with Gasteiger partial charge in [0.15, 0.2) is 10.9 Å². The molecule has 0 spiro atoms. The van der Waals surface area contributed by atoms with Gasteiger partial charge in [0.2, 0.25) is 11.8 Å². The normalized spacial score (nSPS) is 21.2. The molecule has 11 N–H and O–H groups in total. The minimum Gasteiger partial charge on any atom is -0.493 e. The molecule has 2 aliphatic rings. The van der Waals surface area contributed by atoms with Gasteiger partial charge in [-0.05, 0) is 108 Å². The van der Waals surface area contributed by atoms with Crippen molar-refractivity contribution in [2.24, 2.45) is 0 Å². The summed E-state index contributed by atoms with van der Waals surface area (Å²) in [5, 5.41) is 81.1. The zero-order chi connectivity index (χ0) is 75.3. The number of esters is 2. The highest BCUT2D eigenvalue weighted by atomic mass is 32.2. The van der Waals surface area contributed by atoms with Gasteiger partial charge in [-0.25, -0.2) is 9.59 Å². The van der Waals surface area contributed by atoms with E-state index in [1.165, 1.54) is 62.5 Å². The number of Topliss-reactive ketones (excluding diaryl/α,β-unsaturated/α-hetero) is 1. The number of methoxy groups -OCH3 is 2. The topological polar surface area (TPSA) is 400 Å². The minimum atomic E-state index is -2.28. The molecule has 2 saturated heterocycles. The van der Waals surface area contributed by atoms with Crippen LogP contribution in [0, 0.1) is 0 Å². The SMILES string of the molecule is COC(=O)[C@@]1(OCCCSCCCC(=O)c2ccc(C(=O)NCCSCCCO[C@]3(C(=O)OC)C[C@H](O)[C@@H](NC(C)=O)[C@H]([C@H](O)[C@H](O)CNC(=O)c4ccc(-c5ccccc5)cc4)O3)cc2OCCCSC(C)=O)C[C@H](O)[C@@H](NC(C)=O)[C@H]([C@H](O)[C@H](O)CNC(=O)c2ccc(-c3ccccc3)cc2)O1. The summed E-state index contributed by atoms with van der Waals surface area (Å²) in [6.45, 7) is 2.98. The second kappa shape index (κ2) is 41.8. The molecular weight excluding hydrogens is 1410 g/mol. The van der Waals surface area contributed by atoms with Crippen molar-refractivity contribution < 1.29 is 107 Å². The molecule has 0 bridgehead atoms. The highest BCUT2D eigenvalue weighted by Crippen LogP contribution is 2.37. The average Bonchev–Trinajstić information content (AvgIpc) is 0.772. The number of benzene rings is 5. The largest absolute Gasteiger partial charge is 0.493 e. The molecular formula is C74H93N5O22S3. The number of nitrogens with one attached hydrogen (secondary N) is 5. The lowest BCUT2D eigenvalue weighted by Crippen LogP contribution is -2.68. The predicted molar refractivity (Wildman–Crippen MR) is 390 cm³/mol. The molecule has 564 valence electrons. The van der Waals surface area contributed by atoms with Crippen molar-refractivity contribution >= 4 is 87.7 Å². The number of aliphatic hydroxyl groups is 6. The molecule has 7 rings (SSSR count). The van der Waals surface area contributed by atoms with E-state index in [4.69, 9.17) is 33.2 Å². The van der Waals surface area contributed by atoms with E-state index in [0.717, 1.165) is 48.2 Å². The number of hydrogen-bond donors (Lipinski definition) is 11. The first-order chi connectivity index (χ1) is 49.9. The molecule has 30 heteroatoms. The number of amides is 5. The molecule has 5 amide bonds. The molecule has 27 nitrogen and oxygen atoms in total. The number of carbonyl (C=O) groups excluding carboxylic acids is 9. The molecule has 5 aromatic carbocycles. The molecule has 0 radical (unpaired) electrons. The van der Waals surface area contributed by atoms with Gasteiger partial charge < -0.3 is 90.4 Å². The summed E-state index contributed by atoms with van der Waals surface area (Å²) in [6.07, 6.45) is -12.9. The first-order valence-electron chi connectivity index (χ1n) is 34.1. The fourth-order valence-corrected chi connectivity index (χ4v) is 13.8. The van der Waals surface area contributed by atoms with Crippen LogP contribution in [-0.4, -0.2) is 238 Å². The third-order valence-corrected chi connectivity index (χ3v) is 20.1. The van der Waals surface area contributed by atoms with E-state index in [9.17, 15) is 73.8 Å². The molecule has 0 aromatic heterocycles. The van der Waals surface area contributed by atoms with E-state index in [2.05, 4.69) is 26.6 Å². The molecule has 0 saturated carbocycles. The Labute approximate surface area is 616 Å². The lowest BCUT2D eigenvalue weighted by Gasteiger charge is -2.47. The van der Waals surface area contributed by atoms with Crippen molar-refractivity contribution in [1.82, 2.24) is 26.6 Å². The summed E-state index contributed by atoms with van der Waals surface area (Å²) in [5.41, 5.74) is 4.70. The van der Waals surface area contributed by atoms with E-state index < -0.39 is 140 Å². The zero-order valence-corrected chi connectivity index (χ0v) is 61.0. The quantitative estimate of drug-likeness (QED) is 0.0147. The van der Waals surface area contributed by atoms with Crippen LogP contribution in [0.25, 0.3) is 22.3 Å². The number of ether oxygens (including phenoxy) is 7. The number of carbonyl (C=O) groups is 9. The van der Waals surface area contributed by atoms with Crippen LogP contribution in [0.5, 0.6) is 5.75 Å². The van der Waals surface area contributed by atoms with Gasteiger partial charge in [0.05, 0.1) is 76.1 Å². The Bertz CT molecular complexity index is 3640. The maximum atomic E-state index is 13.8. The molecule has 12 atom stereocenters. The smallest absolute Gasteiger partial charge is 0.366 e. The minimum absolute atomic E-state index is 0.0596. The standard InChI is InChI=1S/C74H93N5O22S3/c1-45(80)78-62-57(84)41-73(71(93)95-4,100-66(62)64(88)59(86)43-76-68(90)52-25-21-50(22-26-52)48-16-8-6-9-17-48)98-33-14-36-102-35-12-20-56(83)55-30-29-54(40-61(55)97-32-13-38-104-47(3)82)70(92)75-31-39-103-37-15-34-99-74(72(94)96-5)42-58(85)63(79-46(2)81)67(101-74)65(89)60(87)44-77-69(91)53-27-23-51(24-28-53)49-18-10-7-11-19-49/h6-11,16-19,21-30,40,57-60,62-67,84-89H,12-15,20,31-39,41-44H2,1-5H3,(H,75,92)(H,76,90)(H,77,91)(H,78,80)(H,79,81)/t57-,58-,59+,60+,62+,63+,64+,65+,66+,67+,73+,74+/m0/s1. The Balaban J connectivity index is 0.853. The first-order valence-corrected chi connectivity index (χ1v) is 37.4. The summed E-state index contributed by atoms with van der Waals surface area (Å²) >= 11 is 4.07. The second-order valence-corrected chi connectivity index (χ2v) is 28.5. The van der Waals surface area contributed by atoms with E-state index in [-0.39, 0.29) is 71.7 Å². The van der Waals surface area contributed by atoms with E-state index >= 15 is 0 Å². The average molecular weight is 1500 g/mol. The van der Waals surface area contributed by atoms with Gasteiger partial charge in [-0.2, -0.15) is 23.5 Å². The monoisotopic (exact) mass is 1500 g/mol. The Kier molecular flexibility index (Phi) is 33.5. The van der Waals surface area contributed by atoms with Gasteiger partial charge >= 0.3 is 11.9 Å². The van der Waals surface area contributed by atoms with Crippen LogP contribution >= 0.6 is 35.3 Å². The Hall–Kier alpha value is -7.82. The fraction of sp³-hybridized carbons (Fsp3) is 0.473. The predicted octanol–water partition coefficient (Wildman–Crippen LogP) is 4.39. The van der Waals surface area contributed by atoms with Gasteiger partial charge in [-0.3, -0.25) is 33.6 Å². The number of thioether (sulfide) groups is 3. The summed E-state index contributed by atoms with van der Waals surface area (Å²) < 4.78 is 40.3. The lowest BCUT2D eigenvalue weighted by atomic mass is 9.88. The maximum Gasteiger partial charge on any atom is 0.366 e. The lowest BCUT2D eigenvalue weighted by molar-refractivity contribution is -0.311. The Morgan fingerprint density at radius 1 is 0.510 bits per heavy atom. The van der Waals surface area contributed by atoms with Crippen LogP contribution in [-0.2, 0) is 52.4 Å². The highest BCUT2D eigenvalue weighted by Gasteiger charge is 2.58. The summed E-state index contributed by atoms with van der Waals surface area (Å²) in [5.74, 6) is -7.11. The van der Waals surface area contributed by atoms with Crippen molar-refractivity contribution in [3.05, 3.63) is 150 Å². The summed E-state index contributed by atoms with van der Waals surface area (Å²) in [4.78, 5) is 117. The van der Waals surface area contributed by atoms with Gasteiger partial charge in [-0.1, -0.05) is 96.7 Å². The molecule has 0 unspecified atom stereocenters. The van der Waals surface area contributed by atoms with E-state index in [0.29, 0.717) is 54.4 Å². The molecule has 5 aromatic rings. The fourth-order valence-electron chi connectivity index (χ4n) is 11.6. The van der Waals surface area contributed by atoms with Crippen LogP contribution < -0.4 is 31.3 Å². The zero-order valence-electron chi connectivity index (χ0n) is 58.6. The molecule has 2 aliphatic heterocycles. The van der Waals surface area contributed by atoms with Crippen LogP contribution in [0.3, 0.4) is 0 Å². The van der Waals surface area contributed by atoms with Crippen molar-refractivity contribution in [2.75, 3.05) is 82.4 Å². The second-order valence-electron chi connectivity index (χ2n) is 24.7. The van der Waals surface area contributed by atoms with Crippen molar-refractivity contribution in [2.45, 2.75) is 138 Å². The summed E-state index contributed by atoms with van der Waals surface area (Å²) in [7, 11) is 2.16. The van der Waals surface area contributed by atoms with Gasteiger partial charge in [0.25, 0.3) is 29.3 Å². The van der Waals surface area contributed by atoms with Crippen molar-refractivity contribution in [3.63, 3.8) is 0 Å². The number of rotatable bonds is 40. The molecule has 0 aliphatic carbocycles. The number of hydrogen-bond acceptors (Lipinski definition) is 25. The van der Waals surface area contributed by atoms with Crippen LogP contribution in [0.1, 0.15) is 107 Å². The highest BCUT2D eigenvalue weighted by molar-refractivity contribution is 8.13. The van der Waals surface area contributed by atoms with Crippen LogP contribution in [0.15, 0.2) is 127 Å². The maximum absolute atomic E-state index is 13.8.